The summed E-state index contributed by atoms with van der Waals surface area (Å²) in [4.78, 5) is 4.07. The van der Waals surface area contributed by atoms with Gasteiger partial charge in [-0.1, -0.05) is 30.3 Å². The average Bonchev–Trinajstić information content (AvgIpc) is 2.54. The van der Waals surface area contributed by atoms with Gasteiger partial charge in [0.25, 0.3) is 0 Å². The quantitative estimate of drug-likeness (QED) is 0.656. The fraction of sp³-hybridized carbons (Fsp3) is 0. The number of hydrogen-bond acceptors (Lipinski definition) is 2. The molecule has 2 rings (SSSR count). The molecule has 1 aromatic carbocycles. The molecule has 0 aliphatic carbocycles. The van der Waals surface area contributed by atoms with Gasteiger partial charge in [-0.2, -0.15) is 0 Å². The fourth-order valence-corrected chi connectivity index (χ4v) is 1.58. The predicted molar refractivity (Wildman–Crippen MR) is 50.3 cm³/mol. The number of nitrogens with one attached hydrogen (secondary N) is 1. The third-order valence-corrected chi connectivity index (χ3v) is 2.23. The molecule has 0 aliphatic heterocycles. The van der Waals surface area contributed by atoms with E-state index in [2.05, 4.69) is 4.98 Å². The minimum Gasteiger partial charge on any atom is -0.274 e. The third-order valence-electron chi connectivity index (χ3n) is 1.57. The van der Waals surface area contributed by atoms with E-state index in [-0.39, 0.29) is 0 Å². The second kappa shape index (κ2) is 2.95. The van der Waals surface area contributed by atoms with Gasteiger partial charge >= 0.3 is 0 Å². The van der Waals surface area contributed by atoms with Crippen LogP contribution in [-0.4, -0.2) is 4.98 Å². The van der Waals surface area contributed by atoms with Crippen LogP contribution < -0.4 is 5.73 Å². The molecule has 0 atom stereocenters. The van der Waals surface area contributed by atoms with Crippen LogP contribution in [0.1, 0.15) is 0 Å². The molecule has 0 amide bonds. The van der Waals surface area contributed by atoms with Gasteiger partial charge in [0.15, 0.2) is 0 Å². The smallest absolute Gasteiger partial charge is 0.202 e. The molecule has 2 aromatic rings. The lowest BCUT2D eigenvalue weighted by atomic mass is 10.2. The van der Waals surface area contributed by atoms with Gasteiger partial charge in [-0.15, -0.1) is 11.3 Å². The summed E-state index contributed by atoms with van der Waals surface area (Å²) in [5, 5.41) is 2.27. The van der Waals surface area contributed by atoms with Gasteiger partial charge in [0, 0.05) is 10.9 Å². The van der Waals surface area contributed by atoms with Crippen molar-refractivity contribution in [2.45, 2.75) is 0 Å². The molecule has 1 heterocycles. The maximum absolute atomic E-state index is 7.27. The van der Waals surface area contributed by atoms with Crippen molar-refractivity contribution < 1.29 is 0 Å². The van der Waals surface area contributed by atoms with Crippen molar-refractivity contribution >= 4 is 16.5 Å². The number of hydrogen-bond donors (Lipinski definition) is 0. The first-order chi connectivity index (χ1) is 5.86. The van der Waals surface area contributed by atoms with Crippen LogP contribution in [0.3, 0.4) is 0 Å². The summed E-state index contributed by atoms with van der Waals surface area (Å²) in [6.45, 7) is 0. The van der Waals surface area contributed by atoms with Crippen LogP contribution in [0.25, 0.3) is 11.3 Å². The van der Waals surface area contributed by atoms with Crippen LogP contribution in [0.5, 0.6) is 0 Å². The topological polar surface area (TPSA) is 36.7 Å². The standard InChI is InChI=1S/C9H7N2S/c10-9-11-8(6-12-9)7-4-2-1-3-5-7/h1-6,10H. The minimum atomic E-state index is 0.369. The van der Waals surface area contributed by atoms with Crippen molar-refractivity contribution in [3.05, 3.63) is 35.7 Å². The van der Waals surface area contributed by atoms with Gasteiger partial charge in [0.1, 0.15) is 0 Å². The number of nitrogens with zero attached hydrogens (tertiary/aromatic N) is 1. The van der Waals surface area contributed by atoms with E-state index in [1.807, 2.05) is 35.7 Å². The summed E-state index contributed by atoms with van der Waals surface area (Å²) in [6.07, 6.45) is 0. The first-order valence-corrected chi connectivity index (χ1v) is 4.47. The normalized spacial score (nSPS) is 10.0. The molecule has 0 saturated heterocycles. The van der Waals surface area contributed by atoms with Crippen molar-refractivity contribution in [3.8, 4) is 11.3 Å². The number of thiazole rings is 1. The molecule has 59 valence electrons. The average molecular weight is 175 g/mol. The second-order valence-corrected chi connectivity index (χ2v) is 3.26. The molecule has 0 spiro atoms. The van der Waals surface area contributed by atoms with Gasteiger partial charge in [-0.25, -0.2) is 4.98 Å². The Morgan fingerprint density at radius 1 is 1.17 bits per heavy atom. The van der Waals surface area contributed by atoms with Crippen LogP contribution in [0.2, 0.25) is 0 Å². The molecule has 0 fully saturated rings. The largest absolute Gasteiger partial charge is 0.274 e. The number of benzene rings is 1. The van der Waals surface area contributed by atoms with Gasteiger partial charge in [0.05, 0.1) is 5.69 Å². The zero-order chi connectivity index (χ0) is 8.39. The van der Waals surface area contributed by atoms with Crippen LogP contribution >= 0.6 is 11.3 Å². The first-order valence-electron chi connectivity index (χ1n) is 3.59. The van der Waals surface area contributed by atoms with Crippen molar-refractivity contribution in [1.82, 2.24) is 10.7 Å². The monoisotopic (exact) mass is 175 g/mol. The molecular weight excluding hydrogens is 168 g/mol. The molecular formula is C9H7N2S. The molecule has 1 N–H and O–H groups in total. The van der Waals surface area contributed by atoms with E-state index in [1.54, 1.807) is 0 Å². The summed E-state index contributed by atoms with van der Waals surface area (Å²) < 4.78 is 0. The van der Waals surface area contributed by atoms with Crippen molar-refractivity contribution in [1.29, 1.82) is 0 Å². The summed E-state index contributed by atoms with van der Waals surface area (Å²) in [5.74, 6) is 0. The second-order valence-electron chi connectivity index (χ2n) is 2.40. The van der Waals surface area contributed by atoms with Crippen molar-refractivity contribution in [3.63, 3.8) is 0 Å². The lowest BCUT2D eigenvalue weighted by molar-refractivity contribution is 1.33. The Morgan fingerprint density at radius 3 is 2.50 bits per heavy atom. The summed E-state index contributed by atoms with van der Waals surface area (Å²) >= 11 is 1.35. The zero-order valence-electron chi connectivity index (χ0n) is 6.32. The Balaban J connectivity index is 2.45. The number of aromatic nitrogens is 1. The van der Waals surface area contributed by atoms with E-state index < -0.39 is 0 Å². The molecule has 1 radical (unpaired) electrons. The Kier molecular flexibility index (Phi) is 1.80. The van der Waals surface area contributed by atoms with Gasteiger partial charge < -0.3 is 0 Å². The molecule has 12 heavy (non-hydrogen) atoms. The Hall–Kier alpha value is -1.35. The van der Waals surface area contributed by atoms with Crippen LogP contribution in [0, 0.1) is 0 Å². The molecule has 2 nitrogen and oxygen atoms in total. The van der Waals surface area contributed by atoms with E-state index in [4.69, 9.17) is 5.73 Å². The highest BCUT2D eigenvalue weighted by Crippen LogP contribution is 2.22. The van der Waals surface area contributed by atoms with E-state index in [9.17, 15) is 0 Å². The maximum Gasteiger partial charge on any atom is 0.202 e. The maximum atomic E-state index is 7.27. The predicted octanol–water partition coefficient (Wildman–Crippen LogP) is 2.72. The molecule has 0 saturated carbocycles. The van der Waals surface area contributed by atoms with Gasteiger partial charge in [0.2, 0.25) is 5.13 Å². The highest BCUT2D eigenvalue weighted by Gasteiger charge is 2.00. The molecule has 0 bridgehead atoms. The summed E-state index contributed by atoms with van der Waals surface area (Å²) in [6, 6.07) is 9.90. The SMILES string of the molecule is [NH]c1nc(-c2ccccc2)cs1. The Labute approximate surface area is 74.7 Å². The highest BCUT2D eigenvalue weighted by molar-refractivity contribution is 7.13. The van der Waals surface area contributed by atoms with E-state index in [1.165, 1.54) is 11.3 Å². The van der Waals surface area contributed by atoms with Gasteiger partial charge in [-0.3, -0.25) is 5.73 Å². The lowest BCUT2D eigenvalue weighted by Crippen LogP contribution is -1.75. The zero-order valence-corrected chi connectivity index (χ0v) is 7.14. The van der Waals surface area contributed by atoms with Crippen LogP contribution in [0.15, 0.2) is 35.7 Å². The summed E-state index contributed by atoms with van der Waals surface area (Å²) in [7, 11) is 0. The summed E-state index contributed by atoms with van der Waals surface area (Å²) in [5.41, 5.74) is 9.24. The van der Waals surface area contributed by atoms with E-state index in [0.29, 0.717) is 5.13 Å². The third kappa shape index (κ3) is 1.31. The molecule has 0 aliphatic rings. The fourth-order valence-electron chi connectivity index (χ4n) is 1.02. The van der Waals surface area contributed by atoms with Gasteiger partial charge in [-0.05, 0) is 0 Å². The van der Waals surface area contributed by atoms with E-state index in [0.717, 1.165) is 11.3 Å². The van der Waals surface area contributed by atoms with Crippen molar-refractivity contribution in [2.24, 2.45) is 0 Å². The lowest BCUT2D eigenvalue weighted by Gasteiger charge is -1.92. The first kappa shape index (κ1) is 7.31. The van der Waals surface area contributed by atoms with E-state index >= 15 is 0 Å². The Bertz CT molecular complexity index is 367. The molecule has 3 heteroatoms. The minimum absolute atomic E-state index is 0.369. The Morgan fingerprint density at radius 2 is 1.92 bits per heavy atom. The van der Waals surface area contributed by atoms with Crippen LogP contribution in [-0.2, 0) is 0 Å². The number of rotatable bonds is 1. The molecule has 0 unspecified atom stereocenters. The highest BCUT2D eigenvalue weighted by atomic mass is 32.1. The van der Waals surface area contributed by atoms with Crippen LogP contribution in [0.4, 0.5) is 5.13 Å². The van der Waals surface area contributed by atoms with Crippen molar-refractivity contribution in [2.75, 3.05) is 0 Å². The molecule has 1 aromatic heterocycles.